The van der Waals surface area contributed by atoms with Gasteiger partial charge in [0.1, 0.15) is 12.6 Å². The number of ether oxygens (including phenoxy) is 2. The molecule has 4 aromatic carbocycles. The normalized spacial score (nSPS) is 11.9. The van der Waals surface area contributed by atoms with Crippen molar-refractivity contribution in [2.45, 2.75) is 50.7 Å². The average Bonchev–Trinajstić information content (AvgIpc) is 3.06. The zero-order valence-electron chi connectivity index (χ0n) is 27.4. The number of methoxy groups -OCH3 is 2. The Kier molecular flexibility index (Phi) is 12.4. The number of aryl methyl sites for hydroxylation is 1. The largest absolute Gasteiger partial charge is 0.493 e. The van der Waals surface area contributed by atoms with Gasteiger partial charge < -0.3 is 19.7 Å². The lowest BCUT2D eigenvalue weighted by Gasteiger charge is -2.34. The number of benzene rings is 4. The Morgan fingerprint density at radius 2 is 1.52 bits per heavy atom. The molecule has 0 aliphatic rings. The van der Waals surface area contributed by atoms with Crippen LogP contribution in [0.2, 0.25) is 10.0 Å². The molecule has 0 radical (unpaired) electrons. The van der Waals surface area contributed by atoms with E-state index in [9.17, 15) is 18.0 Å². The van der Waals surface area contributed by atoms with Crippen LogP contribution in [0.1, 0.15) is 30.5 Å². The maximum absolute atomic E-state index is 14.7. The van der Waals surface area contributed by atoms with Crippen molar-refractivity contribution in [1.29, 1.82) is 0 Å². The van der Waals surface area contributed by atoms with Crippen LogP contribution in [0.5, 0.6) is 11.5 Å². The molecule has 4 rings (SSSR count). The Morgan fingerprint density at radius 1 is 0.854 bits per heavy atom. The van der Waals surface area contributed by atoms with Crippen molar-refractivity contribution in [2.24, 2.45) is 0 Å². The van der Waals surface area contributed by atoms with E-state index in [1.807, 2.05) is 51.1 Å². The third-order valence-corrected chi connectivity index (χ3v) is 9.98. The van der Waals surface area contributed by atoms with Crippen molar-refractivity contribution in [2.75, 3.05) is 25.1 Å². The lowest BCUT2D eigenvalue weighted by molar-refractivity contribution is -0.140. The van der Waals surface area contributed by atoms with Crippen LogP contribution in [-0.2, 0) is 32.6 Å². The van der Waals surface area contributed by atoms with Crippen molar-refractivity contribution < 1.29 is 27.5 Å². The molecule has 0 heterocycles. The van der Waals surface area contributed by atoms with Gasteiger partial charge in [-0.25, -0.2) is 8.42 Å². The number of carbonyl (C=O) groups is 2. The number of carbonyl (C=O) groups excluding carboxylic acids is 2. The second-order valence-electron chi connectivity index (χ2n) is 11.5. The monoisotopic (exact) mass is 711 g/mol. The summed E-state index contributed by atoms with van der Waals surface area (Å²) in [7, 11) is -1.40. The maximum Gasteiger partial charge on any atom is 0.264 e. The van der Waals surface area contributed by atoms with E-state index in [4.69, 9.17) is 32.7 Å². The van der Waals surface area contributed by atoms with Crippen molar-refractivity contribution in [3.05, 3.63) is 118 Å². The molecular weight excluding hydrogens is 673 g/mol. The van der Waals surface area contributed by atoms with Crippen LogP contribution in [0.3, 0.4) is 0 Å². The predicted octanol–water partition coefficient (Wildman–Crippen LogP) is 6.68. The molecule has 1 atom stereocenters. The van der Waals surface area contributed by atoms with Crippen LogP contribution >= 0.6 is 23.2 Å². The van der Waals surface area contributed by atoms with Crippen molar-refractivity contribution in [1.82, 2.24) is 10.2 Å². The van der Waals surface area contributed by atoms with Gasteiger partial charge in [-0.1, -0.05) is 77.3 Å². The first-order valence-electron chi connectivity index (χ1n) is 15.2. The van der Waals surface area contributed by atoms with Gasteiger partial charge in [-0.15, -0.1) is 0 Å². The number of nitrogens with zero attached hydrogens (tertiary/aromatic N) is 2. The minimum atomic E-state index is -4.31. The quantitative estimate of drug-likeness (QED) is 0.157. The molecule has 0 saturated carbocycles. The number of hydrogen-bond donors (Lipinski definition) is 1. The Morgan fingerprint density at radius 3 is 2.12 bits per heavy atom. The van der Waals surface area contributed by atoms with Gasteiger partial charge in [0.05, 0.1) is 24.8 Å². The van der Waals surface area contributed by atoms with E-state index < -0.39 is 34.4 Å². The smallest absolute Gasteiger partial charge is 0.264 e. The van der Waals surface area contributed by atoms with Crippen LogP contribution in [-0.4, -0.2) is 58.0 Å². The van der Waals surface area contributed by atoms with E-state index >= 15 is 0 Å². The fraction of sp³-hybridized carbons (Fsp3) is 0.278. The van der Waals surface area contributed by atoms with E-state index in [1.54, 1.807) is 36.4 Å². The number of halogens is 2. The van der Waals surface area contributed by atoms with Crippen LogP contribution in [0, 0.1) is 6.92 Å². The Labute approximate surface area is 292 Å². The summed E-state index contributed by atoms with van der Waals surface area (Å²) in [6.45, 7) is 4.76. The topological polar surface area (TPSA) is 105 Å². The average molecular weight is 713 g/mol. The summed E-state index contributed by atoms with van der Waals surface area (Å²) < 4.78 is 40.5. The summed E-state index contributed by atoms with van der Waals surface area (Å²) in [5.74, 6) is -0.375. The van der Waals surface area contributed by atoms with E-state index in [2.05, 4.69) is 5.32 Å². The molecule has 0 bridgehead atoms. The summed E-state index contributed by atoms with van der Waals surface area (Å²) in [5.41, 5.74) is 2.38. The van der Waals surface area contributed by atoms with Crippen LogP contribution in [0.4, 0.5) is 5.69 Å². The van der Waals surface area contributed by atoms with Crippen molar-refractivity contribution >= 4 is 50.7 Å². The number of anilines is 1. The highest BCUT2D eigenvalue weighted by Crippen LogP contribution is 2.34. The van der Waals surface area contributed by atoms with Gasteiger partial charge in [0.2, 0.25) is 11.8 Å². The molecule has 0 aromatic heterocycles. The highest BCUT2D eigenvalue weighted by atomic mass is 35.5. The Balaban J connectivity index is 1.86. The minimum absolute atomic E-state index is 0.0126. The number of sulfonamides is 1. The third kappa shape index (κ3) is 9.00. The van der Waals surface area contributed by atoms with Crippen molar-refractivity contribution in [3.63, 3.8) is 0 Å². The number of amides is 2. The number of nitrogens with one attached hydrogen (secondary N) is 1. The lowest BCUT2D eigenvalue weighted by Crippen LogP contribution is -2.54. The third-order valence-electron chi connectivity index (χ3n) is 7.60. The standard InChI is InChI=1S/C36H39Cl2N3O6S/c1-24(2)39-36(43)32(19-26-9-7-6-8-10-26)40(22-27-13-14-28(37)20-31(27)38)35(42)23-41(29-15-18-33(46-4)34(21-29)47-5)48(44,45)30-16-11-25(3)12-17-30/h6-18,20-21,24,32H,19,22-23H2,1-5H3,(H,39,43)/t32-/m1/s1. The van der Waals surface area contributed by atoms with E-state index in [0.717, 1.165) is 15.4 Å². The number of hydrogen-bond acceptors (Lipinski definition) is 6. The molecule has 9 nitrogen and oxygen atoms in total. The van der Waals surface area contributed by atoms with Crippen LogP contribution in [0.25, 0.3) is 0 Å². The van der Waals surface area contributed by atoms with Gasteiger partial charge in [-0.3, -0.25) is 13.9 Å². The van der Waals surface area contributed by atoms with E-state index in [1.165, 1.54) is 43.4 Å². The molecule has 0 unspecified atom stereocenters. The first kappa shape index (κ1) is 36.6. The van der Waals surface area contributed by atoms with E-state index in [-0.39, 0.29) is 35.3 Å². The zero-order valence-corrected chi connectivity index (χ0v) is 29.8. The molecule has 48 heavy (non-hydrogen) atoms. The summed E-state index contributed by atoms with van der Waals surface area (Å²) in [6.07, 6.45) is 0.164. The Bertz CT molecular complexity index is 1840. The summed E-state index contributed by atoms with van der Waals surface area (Å²) >= 11 is 12.8. The molecule has 0 aliphatic heterocycles. The lowest BCUT2D eigenvalue weighted by atomic mass is 10.0. The summed E-state index contributed by atoms with van der Waals surface area (Å²) in [6, 6.07) is 23.9. The SMILES string of the molecule is COc1ccc(N(CC(=O)N(Cc2ccc(Cl)cc2Cl)[C@H](Cc2ccccc2)C(=O)NC(C)C)S(=O)(=O)c2ccc(C)cc2)cc1OC. The fourth-order valence-electron chi connectivity index (χ4n) is 5.11. The highest BCUT2D eigenvalue weighted by molar-refractivity contribution is 7.92. The van der Waals surface area contributed by atoms with Gasteiger partial charge in [0.25, 0.3) is 10.0 Å². The number of rotatable bonds is 14. The summed E-state index contributed by atoms with van der Waals surface area (Å²) in [5, 5.41) is 3.64. The minimum Gasteiger partial charge on any atom is -0.493 e. The zero-order chi connectivity index (χ0) is 35.0. The van der Waals surface area contributed by atoms with E-state index in [0.29, 0.717) is 21.4 Å². The maximum atomic E-state index is 14.7. The molecule has 254 valence electrons. The molecule has 12 heteroatoms. The predicted molar refractivity (Wildman–Crippen MR) is 189 cm³/mol. The second kappa shape index (κ2) is 16.2. The molecule has 0 fully saturated rings. The molecule has 0 aliphatic carbocycles. The van der Waals surface area contributed by atoms with Crippen LogP contribution < -0.4 is 19.1 Å². The summed E-state index contributed by atoms with van der Waals surface area (Å²) in [4.78, 5) is 29.9. The fourth-order valence-corrected chi connectivity index (χ4v) is 6.99. The van der Waals surface area contributed by atoms with Crippen LogP contribution in [0.15, 0.2) is 95.9 Å². The Hall–Kier alpha value is -4.25. The van der Waals surface area contributed by atoms with Gasteiger partial charge in [-0.2, -0.15) is 0 Å². The van der Waals surface area contributed by atoms with Gasteiger partial charge >= 0.3 is 0 Å². The van der Waals surface area contributed by atoms with Gasteiger partial charge in [0, 0.05) is 35.1 Å². The molecule has 0 saturated heterocycles. The van der Waals surface area contributed by atoms with Gasteiger partial charge in [-0.05, 0) is 68.3 Å². The highest BCUT2D eigenvalue weighted by Gasteiger charge is 2.35. The first-order chi connectivity index (χ1) is 22.8. The molecule has 0 spiro atoms. The molecule has 2 amide bonds. The van der Waals surface area contributed by atoms with Crippen molar-refractivity contribution in [3.8, 4) is 11.5 Å². The second-order valence-corrected chi connectivity index (χ2v) is 14.2. The first-order valence-corrected chi connectivity index (χ1v) is 17.4. The molecule has 1 N–H and O–H groups in total. The molecule has 4 aromatic rings. The molecular formula is C36H39Cl2N3O6S. The van der Waals surface area contributed by atoms with Gasteiger partial charge in [0.15, 0.2) is 11.5 Å².